The third-order valence-electron chi connectivity index (χ3n) is 3.45. The van der Waals surface area contributed by atoms with Crippen LogP contribution in [0.15, 0.2) is 91.5 Å². The van der Waals surface area contributed by atoms with Gasteiger partial charge in [-0.25, -0.2) is 4.98 Å². The van der Waals surface area contributed by atoms with Crippen LogP contribution in [-0.4, -0.2) is 19.9 Å². The number of aryl methyl sites for hydroxylation is 1. The normalized spacial score (nSPS) is 9.42. The summed E-state index contributed by atoms with van der Waals surface area (Å²) >= 11 is 0. The van der Waals surface area contributed by atoms with Crippen molar-refractivity contribution < 1.29 is 21.1 Å². The van der Waals surface area contributed by atoms with Crippen LogP contribution in [0.3, 0.4) is 0 Å². The Kier molecular flexibility index (Phi) is 7.78. The Morgan fingerprint density at radius 1 is 0.538 bits per heavy atom. The molecule has 0 radical (unpaired) electrons. The van der Waals surface area contributed by atoms with Crippen LogP contribution in [0.5, 0.6) is 0 Å². The van der Waals surface area contributed by atoms with Crippen molar-refractivity contribution in [3.05, 3.63) is 97.1 Å². The van der Waals surface area contributed by atoms with Gasteiger partial charge in [0.1, 0.15) is 0 Å². The summed E-state index contributed by atoms with van der Waals surface area (Å²) in [5, 5.41) is 0. The minimum Gasteiger partial charge on any atom is -0.265 e. The van der Waals surface area contributed by atoms with Crippen LogP contribution in [0.4, 0.5) is 0 Å². The van der Waals surface area contributed by atoms with Gasteiger partial charge >= 0.3 is 21.1 Å². The van der Waals surface area contributed by atoms with Gasteiger partial charge in [0.05, 0.1) is 22.8 Å². The van der Waals surface area contributed by atoms with E-state index in [1.165, 1.54) is 5.56 Å². The van der Waals surface area contributed by atoms with E-state index in [4.69, 9.17) is 0 Å². The fourth-order valence-electron chi connectivity index (χ4n) is 2.18. The van der Waals surface area contributed by atoms with Crippen molar-refractivity contribution in [2.45, 2.75) is 6.92 Å². The number of nitrogens with zero attached hydrogens (tertiary/aromatic N) is 4. The predicted octanol–water partition coefficient (Wildman–Crippen LogP) is 4.59. The monoisotopic (exact) mass is 521 g/mol. The van der Waals surface area contributed by atoms with E-state index in [2.05, 4.69) is 19.9 Å². The van der Waals surface area contributed by atoms with E-state index in [1.54, 1.807) is 24.8 Å². The average Bonchev–Trinajstić information content (AvgIpc) is 2.71. The first-order valence-electron chi connectivity index (χ1n) is 7.99. The molecule has 4 rings (SSSR count). The molecule has 0 amide bonds. The van der Waals surface area contributed by atoms with Gasteiger partial charge in [-0.1, -0.05) is 18.2 Å². The van der Waals surface area contributed by atoms with E-state index in [0.29, 0.717) is 0 Å². The number of aromatic nitrogens is 4. The second-order valence-corrected chi connectivity index (χ2v) is 5.36. The van der Waals surface area contributed by atoms with Crippen molar-refractivity contribution in [2.24, 2.45) is 0 Å². The summed E-state index contributed by atoms with van der Waals surface area (Å²) in [6, 6.07) is 21.4. The molecular formula is C21H18N4Pt+2. The molecule has 5 heteroatoms. The first kappa shape index (κ1) is 19.6. The quantitative estimate of drug-likeness (QED) is 0.387. The summed E-state index contributed by atoms with van der Waals surface area (Å²) in [6.07, 6.45) is 7.11. The SMILES string of the molecule is Cc1ccncc1.[Pt+2].c1ccc(-c2cccc(-c3ccccn3)n2)nc1. The van der Waals surface area contributed by atoms with Crippen LogP contribution in [0.1, 0.15) is 5.56 Å². The first-order valence-corrected chi connectivity index (χ1v) is 7.99. The van der Waals surface area contributed by atoms with Gasteiger partial charge < -0.3 is 0 Å². The Morgan fingerprint density at radius 2 is 1.04 bits per heavy atom. The Morgan fingerprint density at radius 3 is 1.42 bits per heavy atom. The third-order valence-corrected chi connectivity index (χ3v) is 3.45. The van der Waals surface area contributed by atoms with E-state index < -0.39 is 0 Å². The molecule has 0 bridgehead atoms. The van der Waals surface area contributed by atoms with Crippen LogP contribution in [0, 0.1) is 6.92 Å². The largest absolute Gasteiger partial charge is 2.00 e. The van der Waals surface area contributed by atoms with E-state index in [9.17, 15) is 0 Å². The molecule has 0 aliphatic heterocycles. The molecule has 4 nitrogen and oxygen atoms in total. The molecule has 0 unspecified atom stereocenters. The van der Waals surface area contributed by atoms with Crippen molar-refractivity contribution in [1.82, 2.24) is 19.9 Å². The zero-order valence-corrected chi connectivity index (χ0v) is 16.5. The molecule has 4 aromatic heterocycles. The van der Waals surface area contributed by atoms with Crippen LogP contribution in [0.25, 0.3) is 22.8 Å². The maximum atomic E-state index is 4.59. The van der Waals surface area contributed by atoms with Crippen LogP contribution in [-0.2, 0) is 21.1 Å². The van der Waals surface area contributed by atoms with Gasteiger partial charge in [0.15, 0.2) is 0 Å². The number of pyridine rings is 4. The smallest absolute Gasteiger partial charge is 0.265 e. The maximum Gasteiger partial charge on any atom is 2.00 e. The Bertz CT molecular complexity index is 846. The summed E-state index contributed by atoms with van der Waals surface area (Å²) in [4.78, 5) is 17.0. The van der Waals surface area contributed by atoms with Gasteiger partial charge in [-0.15, -0.1) is 0 Å². The second-order valence-electron chi connectivity index (χ2n) is 5.36. The predicted molar refractivity (Wildman–Crippen MR) is 99.7 cm³/mol. The standard InChI is InChI=1S/C15H11N3.C6H7N.Pt/c1-3-10-16-12(6-1)14-8-5-9-15(18-14)13-7-2-4-11-17-13;1-6-2-4-7-5-3-6;/h1-11H;2-5H,1H3;/q;;+2. The molecule has 0 aromatic carbocycles. The molecule has 0 saturated heterocycles. The maximum absolute atomic E-state index is 4.59. The molecule has 0 saturated carbocycles. The summed E-state index contributed by atoms with van der Waals surface area (Å²) < 4.78 is 0. The van der Waals surface area contributed by atoms with Gasteiger partial charge in [0.25, 0.3) is 0 Å². The van der Waals surface area contributed by atoms with Gasteiger partial charge in [-0.2, -0.15) is 0 Å². The zero-order valence-electron chi connectivity index (χ0n) is 14.3. The topological polar surface area (TPSA) is 51.6 Å². The van der Waals surface area contributed by atoms with Gasteiger partial charge in [0.2, 0.25) is 0 Å². The fraction of sp³-hybridized carbons (Fsp3) is 0.0476. The van der Waals surface area contributed by atoms with Gasteiger partial charge in [0, 0.05) is 24.8 Å². The fourth-order valence-corrected chi connectivity index (χ4v) is 2.18. The van der Waals surface area contributed by atoms with E-state index >= 15 is 0 Å². The molecule has 4 heterocycles. The molecule has 130 valence electrons. The van der Waals surface area contributed by atoms with Crippen molar-refractivity contribution >= 4 is 0 Å². The second kappa shape index (κ2) is 10.3. The molecule has 0 aliphatic carbocycles. The van der Waals surface area contributed by atoms with Crippen LogP contribution in [0.2, 0.25) is 0 Å². The van der Waals surface area contributed by atoms with Gasteiger partial charge in [-0.3, -0.25) is 15.0 Å². The number of hydrogen-bond donors (Lipinski definition) is 0. The summed E-state index contributed by atoms with van der Waals surface area (Å²) in [5.41, 5.74) is 4.72. The number of hydrogen-bond acceptors (Lipinski definition) is 4. The molecule has 0 atom stereocenters. The van der Waals surface area contributed by atoms with Crippen molar-refractivity contribution in [3.63, 3.8) is 0 Å². The van der Waals surface area contributed by atoms with Gasteiger partial charge in [-0.05, 0) is 61.0 Å². The molecule has 0 aliphatic rings. The molecule has 0 spiro atoms. The van der Waals surface area contributed by atoms with Crippen molar-refractivity contribution in [3.8, 4) is 22.8 Å². The molecule has 26 heavy (non-hydrogen) atoms. The minimum absolute atomic E-state index is 0. The summed E-state index contributed by atoms with van der Waals surface area (Å²) in [6.45, 7) is 2.04. The first-order chi connectivity index (χ1) is 12.3. The minimum atomic E-state index is 0. The Hall–Kier alpha value is -2.71. The van der Waals surface area contributed by atoms with Crippen molar-refractivity contribution in [1.29, 1.82) is 0 Å². The molecule has 0 N–H and O–H groups in total. The average molecular weight is 521 g/mol. The van der Waals surface area contributed by atoms with Crippen molar-refractivity contribution in [2.75, 3.05) is 0 Å². The summed E-state index contributed by atoms with van der Waals surface area (Å²) in [5.74, 6) is 0. The van der Waals surface area contributed by atoms with E-state index in [1.807, 2.05) is 73.7 Å². The van der Waals surface area contributed by atoms with E-state index in [-0.39, 0.29) is 21.1 Å². The van der Waals surface area contributed by atoms with Crippen LogP contribution >= 0.6 is 0 Å². The summed E-state index contributed by atoms with van der Waals surface area (Å²) in [7, 11) is 0. The van der Waals surface area contributed by atoms with Crippen LogP contribution < -0.4 is 0 Å². The molecular weight excluding hydrogens is 503 g/mol. The third kappa shape index (κ3) is 5.68. The van der Waals surface area contributed by atoms with E-state index in [0.717, 1.165) is 22.8 Å². The number of rotatable bonds is 2. The Labute approximate surface area is 167 Å². The molecule has 0 fully saturated rings. The Balaban J connectivity index is 0.000000258. The molecule has 4 aromatic rings. The zero-order chi connectivity index (χ0) is 17.3.